The normalized spacial score (nSPS) is 14.3. The van der Waals surface area contributed by atoms with E-state index >= 15 is 0 Å². The molecule has 6 heteroatoms. The molecule has 6 nitrogen and oxygen atoms in total. The molecule has 138 valence electrons. The molecule has 1 aliphatic rings. The van der Waals surface area contributed by atoms with Crippen molar-refractivity contribution in [2.45, 2.75) is 45.6 Å². The topological polar surface area (TPSA) is 81.3 Å². The molecular formula is C20H24N2O4. The van der Waals surface area contributed by atoms with E-state index in [1.165, 1.54) is 12.8 Å². The van der Waals surface area contributed by atoms with Gasteiger partial charge in [0.05, 0.1) is 6.61 Å². The van der Waals surface area contributed by atoms with Crippen LogP contribution in [0.4, 0.5) is 0 Å². The van der Waals surface area contributed by atoms with Crippen LogP contribution in [0.3, 0.4) is 0 Å². The number of ether oxygens (including phenoxy) is 2. The lowest BCUT2D eigenvalue weighted by molar-refractivity contribution is 0.0512. The maximum Gasteiger partial charge on any atom is 0.361 e. The van der Waals surface area contributed by atoms with Gasteiger partial charge in [-0.05, 0) is 18.4 Å². The summed E-state index contributed by atoms with van der Waals surface area (Å²) in [6.07, 6.45) is 5.34. The van der Waals surface area contributed by atoms with Gasteiger partial charge in [-0.3, -0.25) is 4.79 Å². The lowest BCUT2D eigenvalue weighted by atomic mass is 10.0. The summed E-state index contributed by atoms with van der Waals surface area (Å²) in [5.74, 6) is 0.318. The van der Waals surface area contributed by atoms with Gasteiger partial charge in [0, 0.05) is 6.42 Å². The second-order valence-electron chi connectivity index (χ2n) is 6.54. The highest BCUT2D eigenvalue weighted by molar-refractivity contribution is 5.90. The maximum atomic E-state index is 12.5. The first-order chi connectivity index (χ1) is 12.7. The highest BCUT2D eigenvalue weighted by Crippen LogP contribution is 2.27. The zero-order valence-electron chi connectivity index (χ0n) is 15.0. The average molecular weight is 356 g/mol. The van der Waals surface area contributed by atoms with Crippen LogP contribution < -0.4 is 10.3 Å². The third-order valence-corrected chi connectivity index (χ3v) is 4.58. The van der Waals surface area contributed by atoms with E-state index in [1.807, 2.05) is 30.3 Å². The molecule has 1 aromatic heterocycles. The van der Waals surface area contributed by atoms with Crippen LogP contribution >= 0.6 is 0 Å². The number of hydrogen-bond acceptors (Lipinski definition) is 5. The Morgan fingerprint density at radius 1 is 1.23 bits per heavy atom. The lowest BCUT2D eigenvalue weighted by Gasteiger charge is -2.13. The summed E-state index contributed by atoms with van der Waals surface area (Å²) in [6.45, 7) is 2.11. The van der Waals surface area contributed by atoms with Crippen molar-refractivity contribution in [3.63, 3.8) is 0 Å². The van der Waals surface area contributed by atoms with Crippen molar-refractivity contribution in [3.8, 4) is 5.75 Å². The van der Waals surface area contributed by atoms with E-state index in [2.05, 4.69) is 9.97 Å². The van der Waals surface area contributed by atoms with E-state index in [0.717, 1.165) is 18.4 Å². The molecule has 2 aromatic rings. The van der Waals surface area contributed by atoms with E-state index in [-0.39, 0.29) is 24.7 Å². The molecule has 1 aliphatic carbocycles. The highest BCUT2D eigenvalue weighted by Gasteiger charge is 2.23. The quantitative estimate of drug-likeness (QED) is 0.770. The van der Waals surface area contributed by atoms with E-state index in [1.54, 1.807) is 6.92 Å². The molecule has 0 bridgehead atoms. The number of carbonyl (C=O) groups is 1. The van der Waals surface area contributed by atoms with Gasteiger partial charge in [0.15, 0.2) is 5.69 Å². The van der Waals surface area contributed by atoms with Crippen molar-refractivity contribution in [3.05, 3.63) is 57.8 Å². The molecule has 0 atom stereocenters. The number of benzene rings is 1. The molecular weight excluding hydrogens is 332 g/mol. The van der Waals surface area contributed by atoms with E-state index in [4.69, 9.17) is 9.47 Å². The Morgan fingerprint density at radius 2 is 1.96 bits per heavy atom. The van der Waals surface area contributed by atoms with E-state index < -0.39 is 11.5 Å². The summed E-state index contributed by atoms with van der Waals surface area (Å²) < 4.78 is 10.7. The Balaban J connectivity index is 1.85. The second-order valence-corrected chi connectivity index (χ2v) is 6.54. The molecule has 0 spiro atoms. The van der Waals surface area contributed by atoms with Crippen LogP contribution in [-0.4, -0.2) is 22.5 Å². The van der Waals surface area contributed by atoms with Gasteiger partial charge in [-0.15, -0.1) is 0 Å². The van der Waals surface area contributed by atoms with Gasteiger partial charge in [-0.1, -0.05) is 56.0 Å². The Bertz CT molecular complexity index is 795. The summed E-state index contributed by atoms with van der Waals surface area (Å²) in [4.78, 5) is 32.0. The smallest absolute Gasteiger partial charge is 0.361 e. The molecule has 1 saturated carbocycles. The molecule has 1 fully saturated rings. The van der Waals surface area contributed by atoms with Crippen molar-refractivity contribution in [2.75, 3.05) is 6.61 Å². The molecule has 26 heavy (non-hydrogen) atoms. The fourth-order valence-corrected chi connectivity index (χ4v) is 3.30. The van der Waals surface area contributed by atoms with Crippen LogP contribution in [0.15, 0.2) is 35.1 Å². The molecule has 0 aliphatic heterocycles. The van der Waals surface area contributed by atoms with Gasteiger partial charge in [0.2, 0.25) is 5.75 Å². The molecule has 1 heterocycles. The number of hydrogen-bond donors (Lipinski definition) is 1. The summed E-state index contributed by atoms with van der Waals surface area (Å²) in [5, 5.41) is 0. The Labute approximate surface area is 152 Å². The largest absolute Gasteiger partial charge is 0.481 e. The van der Waals surface area contributed by atoms with Crippen LogP contribution in [0.1, 0.15) is 54.5 Å². The van der Waals surface area contributed by atoms with Crippen molar-refractivity contribution >= 4 is 5.97 Å². The van der Waals surface area contributed by atoms with Gasteiger partial charge in [0.1, 0.15) is 12.4 Å². The second kappa shape index (κ2) is 8.65. The monoisotopic (exact) mass is 356 g/mol. The Hall–Kier alpha value is -2.63. The zero-order valence-corrected chi connectivity index (χ0v) is 15.0. The minimum atomic E-state index is -0.630. The molecule has 0 amide bonds. The molecule has 3 rings (SSSR count). The van der Waals surface area contributed by atoms with Crippen molar-refractivity contribution in [1.82, 2.24) is 9.97 Å². The number of aromatic nitrogens is 2. The van der Waals surface area contributed by atoms with Gasteiger partial charge in [0.25, 0.3) is 5.56 Å². The van der Waals surface area contributed by atoms with Crippen LogP contribution in [-0.2, 0) is 17.8 Å². The number of esters is 1. The summed E-state index contributed by atoms with van der Waals surface area (Å²) in [6, 6.07) is 9.45. The molecule has 0 saturated heterocycles. The van der Waals surface area contributed by atoms with Crippen LogP contribution in [0.25, 0.3) is 0 Å². The van der Waals surface area contributed by atoms with Gasteiger partial charge in [-0.2, -0.15) is 0 Å². The number of aromatic amines is 1. The average Bonchev–Trinajstić information content (AvgIpc) is 3.14. The molecule has 1 N–H and O–H groups in total. The van der Waals surface area contributed by atoms with Crippen molar-refractivity contribution in [1.29, 1.82) is 0 Å². The maximum absolute atomic E-state index is 12.5. The summed E-state index contributed by atoms with van der Waals surface area (Å²) >= 11 is 0. The summed E-state index contributed by atoms with van der Waals surface area (Å²) in [5.41, 5.74) is 0.420. The predicted octanol–water partition coefficient (Wildman–Crippen LogP) is 3.26. The minimum absolute atomic E-state index is 0.0421. The Kier molecular flexibility index (Phi) is 6.04. The van der Waals surface area contributed by atoms with Crippen LogP contribution in [0, 0.1) is 5.92 Å². The first-order valence-electron chi connectivity index (χ1n) is 9.14. The molecule has 0 unspecified atom stereocenters. The SMILES string of the molecule is CCOC(=O)c1nc(CC2CCCC2)[nH]c(=O)c1OCc1ccccc1. The minimum Gasteiger partial charge on any atom is -0.481 e. The summed E-state index contributed by atoms with van der Waals surface area (Å²) in [7, 11) is 0. The van der Waals surface area contributed by atoms with Gasteiger partial charge in [-0.25, -0.2) is 9.78 Å². The van der Waals surface area contributed by atoms with E-state index in [0.29, 0.717) is 18.2 Å². The van der Waals surface area contributed by atoms with Crippen LogP contribution in [0.2, 0.25) is 0 Å². The lowest BCUT2D eigenvalue weighted by Crippen LogP contribution is -2.23. The molecule has 1 aromatic carbocycles. The fourth-order valence-electron chi connectivity index (χ4n) is 3.30. The zero-order chi connectivity index (χ0) is 18.4. The van der Waals surface area contributed by atoms with Crippen LogP contribution in [0.5, 0.6) is 5.75 Å². The first-order valence-corrected chi connectivity index (χ1v) is 9.14. The molecule has 0 radical (unpaired) electrons. The van der Waals surface area contributed by atoms with Gasteiger partial charge < -0.3 is 14.5 Å². The van der Waals surface area contributed by atoms with Gasteiger partial charge >= 0.3 is 5.97 Å². The van der Waals surface area contributed by atoms with Crippen molar-refractivity contribution in [2.24, 2.45) is 5.92 Å². The first kappa shape index (κ1) is 18.2. The Morgan fingerprint density at radius 3 is 2.65 bits per heavy atom. The van der Waals surface area contributed by atoms with Crippen molar-refractivity contribution < 1.29 is 14.3 Å². The number of rotatable bonds is 7. The fraction of sp³-hybridized carbons (Fsp3) is 0.450. The predicted molar refractivity (Wildman–Crippen MR) is 97.3 cm³/mol. The third kappa shape index (κ3) is 4.50. The number of nitrogens with zero attached hydrogens (tertiary/aromatic N) is 1. The number of nitrogens with one attached hydrogen (secondary N) is 1. The number of carbonyl (C=O) groups excluding carboxylic acids is 1. The van der Waals surface area contributed by atoms with E-state index in [9.17, 15) is 9.59 Å². The highest BCUT2D eigenvalue weighted by atomic mass is 16.5. The third-order valence-electron chi connectivity index (χ3n) is 4.58. The standard InChI is InChI=1S/C20H24N2O4/c1-2-25-20(24)17-18(26-13-15-10-4-3-5-11-15)19(23)22-16(21-17)12-14-8-6-7-9-14/h3-5,10-11,14H,2,6-9,12-13H2,1H3,(H,21,22,23). The number of H-pyrrole nitrogens is 1.